The van der Waals surface area contributed by atoms with Crippen molar-refractivity contribution in [2.24, 2.45) is 5.92 Å². The number of carbonyl (C=O) groups is 1. The second-order valence-electron chi connectivity index (χ2n) is 4.71. The molecular formula is C14H16N2O2S. The van der Waals surface area contributed by atoms with Crippen LogP contribution in [0.4, 0.5) is 0 Å². The van der Waals surface area contributed by atoms with E-state index in [2.05, 4.69) is 18.6 Å². The van der Waals surface area contributed by atoms with E-state index in [1.165, 1.54) is 0 Å². The van der Waals surface area contributed by atoms with Gasteiger partial charge in [0.15, 0.2) is 0 Å². The van der Waals surface area contributed by atoms with Crippen molar-refractivity contribution in [3.8, 4) is 0 Å². The van der Waals surface area contributed by atoms with Gasteiger partial charge in [0.05, 0.1) is 0 Å². The van der Waals surface area contributed by atoms with Crippen LogP contribution < -0.4 is 0 Å². The Morgan fingerprint density at radius 3 is 2.63 bits per heavy atom. The normalized spacial score (nSPS) is 22.5. The Kier molecular flexibility index (Phi) is 4.40. The molecule has 0 aliphatic carbocycles. The predicted molar refractivity (Wildman–Crippen MR) is 75.0 cm³/mol. The Hall–Kier alpha value is -1.58. The average Bonchev–Trinajstić information content (AvgIpc) is 2.73. The van der Waals surface area contributed by atoms with Gasteiger partial charge in [0.25, 0.3) is 0 Å². The summed E-state index contributed by atoms with van der Waals surface area (Å²) < 4.78 is 5.35. The topological polar surface area (TPSA) is 62.7 Å². The van der Waals surface area contributed by atoms with E-state index in [9.17, 15) is 4.79 Å². The summed E-state index contributed by atoms with van der Waals surface area (Å²) in [7, 11) is 0. The van der Waals surface area contributed by atoms with Crippen LogP contribution in [0.25, 0.3) is 5.53 Å². The summed E-state index contributed by atoms with van der Waals surface area (Å²) in [6, 6.07) is 9.57. The summed E-state index contributed by atoms with van der Waals surface area (Å²) in [5.74, 6) is -0.0273. The van der Waals surface area contributed by atoms with E-state index in [1.807, 2.05) is 30.3 Å². The quantitative estimate of drug-likeness (QED) is 0.482. The molecule has 0 unspecified atom stereocenters. The van der Waals surface area contributed by atoms with Gasteiger partial charge in [-0.25, -0.2) is 4.79 Å². The van der Waals surface area contributed by atoms with E-state index in [0.29, 0.717) is 11.0 Å². The highest BCUT2D eigenvalue weighted by Crippen LogP contribution is 2.35. The molecule has 0 N–H and O–H groups in total. The van der Waals surface area contributed by atoms with Crippen molar-refractivity contribution in [1.82, 2.24) is 0 Å². The molecule has 1 saturated heterocycles. The lowest BCUT2D eigenvalue weighted by Crippen LogP contribution is -2.21. The van der Waals surface area contributed by atoms with Gasteiger partial charge in [0.1, 0.15) is 12.0 Å². The number of rotatable bonds is 4. The molecule has 0 radical (unpaired) electrons. The van der Waals surface area contributed by atoms with Crippen LogP contribution in [0.3, 0.4) is 0 Å². The number of hydrogen-bond acceptors (Lipinski definition) is 3. The number of nitrogens with zero attached hydrogens (tertiary/aromatic N) is 2. The first-order valence-corrected chi connectivity index (χ1v) is 7.28. The van der Waals surface area contributed by atoms with Crippen molar-refractivity contribution in [1.29, 1.82) is 0 Å². The molecule has 4 nitrogen and oxygen atoms in total. The number of benzene rings is 1. The third kappa shape index (κ3) is 3.06. The largest absolute Gasteiger partial charge is 0.448 e. The third-order valence-electron chi connectivity index (χ3n) is 3.00. The van der Waals surface area contributed by atoms with E-state index in [4.69, 9.17) is 10.3 Å². The monoisotopic (exact) mass is 276 g/mol. The van der Waals surface area contributed by atoms with Crippen molar-refractivity contribution in [2.75, 3.05) is 5.75 Å². The smallest absolute Gasteiger partial charge is 0.418 e. The minimum atomic E-state index is -0.522. The minimum absolute atomic E-state index is 0.127. The van der Waals surface area contributed by atoms with Gasteiger partial charge >= 0.3 is 11.7 Å². The van der Waals surface area contributed by atoms with Gasteiger partial charge in [-0.3, -0.25) is 0 Å². The van der Waals surface area contributed by atoms with E-state index in [-0.39, 0.29) is 17.7 Å². The molecule has 1 aromatic carbocycles. The fourth-order valence-corrected chi connectivity index (χ4v) is 3.00. The summed E-state index contributed by atoms with van der Waals surface area (Å²) in [5.41, 5.74) is 10.1. The first-order chi connectivity index (χ1) is 9.13. The molecule has 0 aromatic heterocycles. The standard InChI is InChI=1S/C14H16N2O2S/c1-9(2)19-8-11-12(16-15)14(17)18-13(11)10-6-4-3-5-7-10/h3-7,9,11,13H,8H2,1-2H3/t11-,13+/m0/s1. The number of thioether (sulfide) groups is 1. The van der Waals surface area contributed by atoms with Crippen molar-refractivity contribution in [3.05, 3.63) is 41.4 Å². The van der Waals surface area contributed by atoms with Gasteiger partial charge < -0.3 is 10.3 Å². The molecule has 0 spiro atoms. The summed E-state index contributed by atoms with van der Waals surface area (Å²) in [6.45, 7) is 4.19. The number of cyclic esters (lactones) is 1. The van der Waals surface area contributed by atoms with Crippen LogP contribution in [0.2, 0.25) is 0 Å². The van der Waals surface area contributed by atoms with Crippen LogP contribution in [0.5, 0.6) is 0 Å². The zero-order valence-corrected chi connectivity index (χ0v) is 11.8. The van der Waals surface area contributed by atoms with Crippen LogP contribution in [-0.4, -0.2) is 27.5 Å². The van der Waals surface area contributed by atoms with Crippen LogP contribution in [-0.2, 0) is 9.53 Å². The summed E-state index contributed by atoms with van der Waals surface area (Å²) in [5, 5.41) is 0.451. The van der Waals surface area contributed by atoms with Gasteiger partial charge in [-0.1, -0.05) is 44.2 Å². The Morgan fingerprint density at radius 1 is 1.37 bits per heavy atom. The van der Waals surface area contributed by atoms with Crippen molar-refractivity contribution >= 4 is 23.4 Å². The number of esters is 1. The second-order valence-corrected chi connectivity index (χ2v) is 6.32. The Balaban J connectivity index is 2.26. The van der Waals surface area contributed by atoms with Gasteiger partial charge in [-0.15, -0.1) is 0 Å². The number of hydrogen-bond donors (Lipinski definition) is 0. The van der Waals surface area contributed by atoms with Gasteiger partial charge in [-0.2, -0.15) is 16.6 Å². The third-order valence-corrected chi connectivity index (χ3v) is 4.22. The molecule has 0 saturated carbocycles. The SMILES string of the molecule is CC(C)SC[C@H]1C(=[N+]=[N-])C(=O)O[C@@H]1c1ccccc1. The van der Waals surface area contributed by atoms with Gasteiger partial charge in [0.2, 0.25) is 0 Å². The Bertz CT molecular complexity index is 509. The maximum absolute atomic E-state index is 11.7. The van der Waals surface area contributed by atoms with E-state index in [0.717, 1.165) is 5.56 Å². The lowest BCUT2D eigenvalue weighted by molar-refractivity contribution is -0.140. The molecular weight excluding hydrogens is 260 g/mol. The van der Waals surface area contributed by atoms with Crippen LogP contribution in [0.1, 0.15) is 25.5 Å². The molecule has 100 valence electrons. The Morgan fingerprint density at radius 2 is 2.05 bits per heavy atom. The lowest BCUT2D eigenvalue weighted by atomic mass is 9.96. The van der Waals surface area contributed by atoms with E-state index < -0.39 is 5.97 Å². The molecule has 5 heteroatoms. The second kappa shape index (κ2) is 6.04. The summed E-state index contributed by atoms with van der Waals surface area (Å²) >= 11 is 1.72. The van der Waals surface area contributed by atoms with Crippen LogP contribution in [0, 0.1) is 5.92 Å². The number of carbonyl (C=O) groups excluding carboxylic acids is 1. The molecule has 2 atom stereocenters. The van der Waals surface area contributed by atoms with Crippen LogP contribution in [0.15, 0.2) is 30.3 Å². The summed E-state index contributed by atoms with van der Waals surface area (Å²) in [4.78, 5) is 14.9. The molecule has 1 fully saturated rings. The van der Waals surface area contributed by atoms with Crippen molar-refractivity contribution in [2.45, 2.75) is 25.2 Å². The fraction of sp³-hybridized carbons (Fsp3) is 0.429. The minimum Gasteiger partial charge on any atom is -0.448 e. The molecule has 1 aromatic rings. The zero-order valence-electron chi connectivity index (χ0n) is 10.9. The van der Waals surface area contributed by atoms with E-state index >= 15 is 0 Å². The van der Waals surface area contributed by atoms with Gasteiger partial charge in [-0.05, 0) is 10.8 Å². The highest BCUT2D eigenvalue weighted by molar-refractivity contribution is 7.99. The highest BCUT2D eigenvalue weighted by atomic mass is 32.2. The summed E-state index contributed by atoms with van der Waals surface area (Å²) in [6.07, 6.45) is -0.356. The average molecular weight is 276 g/mol. The molecule has 0 bridgehead atoms. The van der Waals surface area contributed by atoms with Crippen molar-refractivity contribution < 1.29 is 14.3 Å². The van der Waals surface area contributed by atoms with Crippen molar-refractivity contribution in [3.63, 3.8) is 0 Å². The number of ether oxygens (including phenoxy) is 1. The highest BCUT2D eigenvalue weighted by Gasteiger charge is 2.48. The first kappa shape index (κ1) is 13.8. The van der Waals surface area contributed by atoms with Crippen LogP contribution >= 0.6 is 11.8 Å². The molecule has 1 heterocycles. The van der Waals surface area contributed by atoms with E-state index in [1.54, 1.807) is 11.8 Å². The van der Waals surface area contributed by atoms with Gasteiger partial charge in [0, 0.05) is 5.75 Å². The molecule has 1 aliphatic heterocycles. The first-order valence-electron chi connectivity index (χ1n) is 6.23. The molecule has 19 heavy (non-hydrogen) atoms. The molecule has 0 amide bonds. The Labute approximate surface area is 116 Å². The zero-order chi connectivity index (χ0) is 13.8. The molecule has 1 aliphatic rings. The lowest BCUT2D eigenvalue weighted by Gasteiger charge is -2.15. The predicted octanol–water partition coefficient (Wildman–Crippen LogP) is 2.71. The maximum Gasteiger partial charge on any atom is 0.418 e. The maximum atomic E-state index is 11.7. The molecule has 2 rings (SSSR count). The fourth-order valence-electron chi connectivity index (χ4n) is 2.07.